The number of aromatic nitrogens is 3. The minimum atomic E-state index is -0.904. The van der Waals surface area contributed by atoms with Crippen molar-refractivity contribution in [2.45, 2.75) is 37.4 Å². The van der Waals surface area contributed by atoms with Gasteiger partial charge in [0.1, 0.15) is 29.9 Å². The van der Waals surface area contributed by atoms with Crippen molar-refractivity contribution in [3.63, 3.8) is 0 Å². The van der Waals surface area contributed by atoms with Gasteiger partial charge in [-0.15, -0.1) is 0 Å². The van der Waals surface area contributed by atoms with Gasteiger partial charge in [0.2, 0.25) is 0 Å². The first kappa shape index (κ1) is 26.9. The van der Waals surface area contributed by atoms with Gasteiger partial charge in [-0.25, -0.2) is 18.2 Å². The zero-order valence-corrected chi connectivity index (χ0v) is 23.7. The molecule has 0 amide bonds. The van der Waals surface area contributed by atoms with Gasteiger partial charge < -0.3 is 20.1 Å². The molecule has 0 saturated carbocycles. The second kappa shape index (κ2) is 10.4. The molecule has 8 nitrogen and oxygen atoms in total. The van der Waals surface area contributed by atoms with Crippen LogP contribution in [0.5, 0.6) is 6.01 Å². The van der Waals surface area contributed by atoms with Crippen LogP contribution in [0.1, 0.15) is 25.7 Å². The van der Waals surface area contributed by atoms with Crippen LogP contribution in [0.15, 0.2) is 18.2 Å². The molecule has 3 aliphatic heterocycles. The molecule has 3 saturated heterocycles. The lowest BCUT2D eigenvalue weighted by Crippen LogP contribution is -2.43. The molecule has 0 bridgehead atoms. The van der Waals surface area contributed by atoms with Crippen LogP contribution in [0.25, 0.3) is 32.2 Å². The van der Waals surface area contributed by atoms with Crippen LogP contribution in [0.3, 0.4) is 0 Å². The van der Waals surface area contributed by atoms with Crippen LogP contribution in [0.2, 0.25) is 5.02 Å². The van der Waals surface area contributed by atoms with Gasteiger partial charge in [0.05, 0.1) is 27.4 Å². The second-order valence-corrected chi connectivity index (χ2v) is 12.4. The topological polar surface area (TPSA) is 89.6 Å². The maximum atomic E-state index is 16.6. The lowest BCUT2D eigenvalue weighted by atomic mass is 9.95. The van der Waals surface area contributed by atoms with Gasteiger partial charge in [-0.1, -0.05) is 22.9 Å². The Kier molecular flexibility index (Phi) is 6.84. The fraction of sp³-hybridized carbons (Fsp3) is 0.464. The molecule has 0 radical (unpaired) electrons. The third kappa shape index (κ3) is 4.65. The normalized spacial score (nSPS) is 23.4. The van der Waals surface area contributed by atoms with E-state index in [0.717, 1.165) is 37.1 Å². The third-order valence-corrected chi connectivity index (χ3v) is 9.57. The average molecular weight is 605 g/mol. The van der Waals surface area contributed by atoms with Crippen LogP contribution in [0.4, 0.5) is 24.1 Å². The van der Waals surface area contributed by atoms with Crippen LogP contribution >= 0.6 is 22.9 Å². The second-order valence-electron chi connectivity index (χ2n) is 10.9. The summed E-state index contributed by atoms with van der Waals surface area (Å²) in [5, 5.41) is 0.696. The summed E-state index contributed by atoms with van der Waals surface area (Å²) < 4.78 is 57.5. The average Bonchev–Trinajstić information content (AvgIpc) is 3.52. The molecule has 41 heavy (non-hydrogen) atoms. The summed E-state index contributed by atoms with van der Waals surface area (Å²) in [7, 11) is 0. The molecule has 7 rings (SSSR count). The number of thiazole rings is 1. The number of hydrogen-bond donors (Lipinski definition) is 1. The Labute approximate surface area is 243 Å². The highest BCUT2D eigenvalue weighted by Gasteiger charge is 2.49. The highest BCUT2D eigenvalue weighted by atomic mass is 35.5. The van der Waals surface area contributed by atoms with Gasteiger partial charge in [0.15, 0.2) is 10.9 Å². The molecule has 2 atom stereocenters. The Balaban J connectivity index is 1.37. The summed E-state index contributed by atoms with van der Waals surface area (Å²) in [6.45, 7) is 3.72. The monoisotopic (exact) mass is 604 g/mol. The number of fused-ring (bicyclic) bond motifs is 3. The fourth-order valence-corrected chi connectivity index (χ4v) is 7.57. The summed E-state index contributed by atoms with van der Waals surface area (Å²) in [4.78, 5) is 17.7. The van der Waals surface area contributed by atoms with E-state index in [0.29, 0.717) is 56.0 Å². The third-order valence-electron chi connectivity index (χ3n) is 8.38. The van der Waals surface area contributed by atoms with E-state index >= 15 is 4.39 Å². The molecular formula is C28H28ClF3N6O2S. The quantitative estimate of drug-likeness (QED) is 0.315. The molecule has 3 aliphatic rings. The van der Waals surface area contributed by atoms with Gasteiger partial charge in [-0.2, -0.15) is 9.97 Å². The van der Waals surface area contributed by atoms with Crippen LogP contribution in [0, 0.1) is 11.6 Å². The number of halogens is 4. The number of nitrogens with zero attached hydrogens (tertiary/aromatic N) is 5. The number of anilines is 2. The molecule has 2 aromatic heterocycles. The Hall–Kier alpha value is -2.93. The maximum absolute atomic E-state index is 16.6. The summed E-state index contributed by atoms with van der Waals surface area (Å²) in [6.07, 6.45) is 2.05. The molecule has 2 N–H and O–H groups in total. The van der Waals surface area contributed by atoms with E-state index in [1.54, 1.807) is 6.07 Å². The van der Waals surface area contributed by atoms with E-state index in [2.05, 4.69) is 14.9 Å². The molecular weight excluding hydrogens is 577 g/mol. The SMILES string of the molecule is Nc1nc2c(-c3c(Cl)cc4c(N5CCCOCC5)nc(OC[C@@]56CCCN5CC(F)C6)nc4c3F)ccc(F)c2s1. The maximum Gasteiger partial charge on any atom is 0.319 e. The number of nitrogens with two attached hydrogens (primary N) is 1. The van der Waals surface area contributed by atoms with Gasteiger partial charge in [-0.05, 0) is 44.0 Å². The molecule has 4 aromatic rings. The van der Waals surface area contributed by atoms with Crippen molar-refractivity contribution in [1.82, 2.24) is 19.9 Å². The number of benzene rings is 2. The van der Waals surface area contributed by atoms with Crippen molar-refractivity contribution in [2.75, 3.05) is 56.6 Å². The van der Waals surface area contributed by atoms with Gasteiger partial charge >= 0.3 is 6.01 Å². The summed E-state index contributed by atoms with van der Waals surface area (Å²) >= 11 is 7.72. The molecule has 0 spiro atoms. The standard InChI is InChI=1S/C28H28ClF3N6O2S/c29-18-11-17-22(21(32)20(18)16-3-4-19(31)24-23(16)34-26(33)41-24)35-27(36-25(17)37-6-2-9-39-10-8-37)40-14-28-5-1-7-38(28)13-15(30)12-28/h3-4,11,15H,1-2,5-10,12-14H2,(H2,33,34)/t15?,28-/m0/s1. The van der Waals surface area contributed by atoms with Crippen molar-refractivity contribution in [1.29, 1.82) is 0 Å². The minimum Gasteiger partial charge on any atom is -0.461 e. The Morgan fingerprint density at radius 3 is 2.88 bits per heavy atom. The first-order valence-electron chi connectivity index (χ1n) is 13.7. The summed E-state index contributed by atoms with van der Waals surface area (Å²) in [5.74, 6) is -0.709. The zero-order chi connectivity index (χ0) is 28.3. The number of rotatable bonds is 5. The minimum absolute atomic E-state index is 0.00975. The van der Waals surface area contributed by atoms with Crippen molar-refractivity contribution in [2.24, 2.45) is 0 Å². The van der Waals surface area contributed by atoms with Crippen LogP contribution < -0.4 is 15.4 Å². The number of hydrogen-bond acceptors (Lipinski definition) is 9. The van der Waals surface area contributed by atoms with Crippen molar-refractivity contribution < 1.29 is 22.6 Å². The molecule has 0 aliphatic carbocycles. The van der Waals surface area contributed by atoms with E-state index in [4.69, 9.17) is 31.8 Å². The van der Waals surface area contributed by atoms with Crippen LogP contribution in [-0.2, 0) is 4.74 Å². The molecule has 216 valence electrons. The first-order valence-corrected chi connectivity index (χ1v) is 14.9. The van der Waals surface area contributed by atoms with E-state index < -0.39 is 23.3 Å². The van der Waals surface area contributed by atoms with Crippen molar-refractivity contribution >= 4 is 55.0 Å². The van der Waals surface area contributed by atoms with E-state index in [1.807, 2.05) is 4.90 Å². The van der Waals surface area contributed by atoms with E-state index in [9.17, 15) is 8.78 Å². The Morgan fingerprint density at radius 2 is 2.00 bits per heavy atom. The molecule has 1 unspecified atom stereocenters. The highest BCUT2D eigenvalue weighted by molar-refractivity contribution is 7.22. The summed E-state index contributed by atoms with van der Waals surface area (Å²) in [5.41, 5.74) is 6.06. The number of alkyl halides is 1. The smallest absolute Gasteiger partial charge is 0.319 e. The van der Waals surface area contributed by atoms with Crippen molar-refractivity contribution in [3.05, 3.63) is 34.9 Å². The number of nitrogen functional groups attached to an aromatic ring is 1. The largest absolute Gasteiger partial charge is 0.461 e. The summed E-state index contributed by atoms with van der Waals surface area (Å²) in [6, 6.07) is 4.34. The van der Waals surface area contributed by atoms with Crippen molar-refractivity contribution in [3.8, 4) is 17.1 Å². The Morgan fingerprint density at radius 1 is 1.12 bits per heavy atom. The van der Waals surface area contributed by atoms with Gasteiger partial charge in [0.25, 0.3) is 0 Å². The predicted molar refractivity (Wildman–Crippen MR) is 154 cm³/mol. The lowest BCUT2D eigenvalue weighted by molar-refractivity contribution is 0.107. The van der Waals surface area contributed by atoms with Gasteiger partial charge in [-0.3, -0.25) is 4.90 Å². The Bertz CT molecular complexity index is 1650. The predicted octanol–water partition coefficient (Wildman–Crippen LogP) is 5.60. The van der Waals surface area contributed by atoms with E-state index in [-0.39, 0.29) is 44.1 Å². The first-order chi connectivity index (χ1) is 19.8. The molecule has 3 fully saturated rings. The fourth-order valence-electron chi connectivity index (χ4n) is 6.51. The number of ether oxygens (including phenoxy) is 2. The molecule has 5 heterocycles. The van der Waals surface area contributed by atoms with E-state index in [1.165, 1.54) is 12.1 Å². The lowest BCUT2D eigenvalue weighted by Gasteiger charge is -2.31. The van der Waals surface area contributed by atoms with Crippen LogP contribution in [-0.4, -0.2) is 77.6 Å². The van der Waals surface area contributed by atoms with Gasteiger partial charge in [0, 0.05) is 49.2 Å². The molecule has 13 heteroatoms. The molecule has 2 aromatic carbocycles. The zero-order valence-electron chi connectivity index (χ0n) is 22.1. The highest BCUT2D eigenvalue weighted by Crippen LogP contribution is 2.44.